The molecule has 1 unspecified atom stereocenters. The quantitative estimate of drug-likeness (QED) is 0.719. The first-order valence-corrected chi connectivity index (χ1v) is 6.12. The van der Waals surface area contributed by atoms with Gasteiger partial charge in [-0.3, -0.25) is 4.79 Å². The SMILES string of the molecule is CC(C)C1(C(=O)NCc2ncc[nH]2)CCNC1. The first kappa shape index (κ1) is 12.1. The normalized spacial score (nSPS) is 24.2. The zero-order chi connectivity index (χ0) is 12.3. The van der Waals surface area contributed by atoms with Gasteiger partial charge in [0.1, 0.15) is 5.82 Å². The second-order valence-electron chi connectivity index (χ2n) is 4.96. The monoisotopic (exact) mass is 236 g/mol. The van der Waals surface area contributed by atoms with Crippen molar-refractivity contribution in [2.24, 2.45) is 11.3 Å². The van der Waals surface area contributed by atoms with Crippen LogP contribution in [0.1, 0.15) is 26.1 Å². The molecule has 0 radical (unpaired) electrons. The molecule has 0 saturated carbocycles. The zero-order valence-electron chi connectivity index (χ0n) is 10.4. The summed E-state index contributed by atoms with van der Waals surface area (Å²) in [7, 11) is 0. The highest BCUT2D eigenvalue weighted by Crippen LogP contribution is 2.34. The third kappa shape index (κ3) is 2.34. The lowest BCUT2D eigenvalue weighted by Crippen LogP contribution is -2.45. The number of aromatic nitrogens is 2. The van der Waals surface area contributed by atoms with E-state index < -0.39 is 0 Å². The number of hydrogen-bond donors (Lipinski definition) is 3. The summed E-state index contributed by atoms with van der Waals surface area (Å²) in [6.45, 7) is 6.39. The molecule has 0 bridgehead atoms. The maximum atomic E-state index is 12.3. The van der Waals surface area contributed by atoms with Crippen LogP contribution in [0.2, 0.25) is 0 Å². The predicted molar refractivity (Wildman–Crippen MR) is 65.2 cm³/mol. The minimum atomic E-state index is -0.257. The molecule has 17 heavy (non-hydrogen) atoms. The van der Waals surface area contributed by atoms with Gasteiger partial charge in [0.05, 0.1) is 12.0 Å². The van der Waals surface area contributed by atoms with Crippen molar-refractivity contribution in [3.63, 3.8) is 0 Å². The van der Waals surface area contributed by atoms with Crippen molar-refractivity contribution in [1.82, 2.24) is 20.6 Å². The molecule has 0 aromatic carbocycles. The van der Waals surface area contributed by atoms with Crippen LogP contribution in [-0.4, -0.2) is 29.0 Å². The number of carbonyl (C=O) groups excluding carboxylic acids is 1. The smallest absolute Gasteiger partial charge is 0.228 e. The number of imidazole rings is 1. The second-order valence-corrected chi connectivity index (χ2v) is 4.96. The van der Waals surface area contributed by atoms with Gasteiger partial charge in [-0.05, 0) is 18.9 Å². The number of nitrogens with zero attached hydrogens (tertiary/aromatic N) is 1. The van der Waals surface area contributed by atoms with E-state index in [-0.39, 0.29) is 11.3 Å². The van der Waals surface area contributed by atoms with Crippen LogP contribution < -0.4 is 10.6 Å². The lowest BCUT2D eigenvalue weighted by Gasteiger charge is -2.30. The van der Waals surface area contributed by atoms with Crippen LogP contribution in [-0.2, 0) is 11.3 Å². The molecule has 0 spiro atoms. The second kappa shape index (κ2) is 4.87. The molecule has 1 aromatic heterocycles. The molecule has 1 aliphatic heterocycles. The van der Waals surface area contributed by atoms with E-state index in [2.05, 4.69) is 34.4 Å². The first-order chi connectivity index (χ1) is 8.15. The van der Waals surface area contributed by atoms with Gasteiger partial charge >= 0.3 is 0 Å². The summed E-state index contributed by atoms with van der Waals surface area (Å²) in [4.78, 5) is 19.4. The summed E-state index contributed by atoms with van der Waals surface area (Å²) in [5.74, 6) is 1.27. The minimum Gasteiger partial charge on any atom is -0.348 e. The van der Waals surface area contributed by atoms with Crippen LogP contribution in [0.5, 0.6) is 0 Å². The Morgan fingerprint density at radius 1 is 1.65 bits per heavy atom. The Kier molecular flexibility index (Phi) is 3.47. The molecule has 1 fully saturated rings. The van der Waals surface area contributed by atoms with Gasteiger partial charge in [-0.1, -0.05) is 13.8 Å². The molecule has 5 heteroatoms. The molecule has 1 saturated heterocycles. The van der Waals surface area contributed by atoms with Crippen LogP contribution in [0.15, 0.2) is 12.4 Å². The number of nitrogens with one attached hydrogen (secondary N) is 3. The Balaban J connectivity index is 1.98. The van der Waals surface area contributed by atoms with E-state index in [4.69, 9.17) is 0 Å². The molecule has 2 heterocycles. The molecule has 1 aliphatic rings. The first-order valence-electron chi connectivity index (χ1n) is 6.12. The lowest BCUT2D eigenvalue weighted by atomic mass is 9.75. The van der Waals surface area contributed by atoms with Gasteiger partial charge < -0.3 is 15.6 Å². The highest BCUT2D eigenvalue weighted by molar-refractivity contribution is 5.83. The summed E-state index contributed by atoms with van der Waals surface area (Å²) in [5, 5.41) is 6.26. The van der Waals surface area contributed by atoms with E-state index in [1.807, 2.05) is 0 Å². The molecule has 1 aromatic rings. The molecular formula is C12H20N4O. The Hall–Kier alpha value is -1.36. The number of aromatic amines is 1. The summed E-state index contributed by atoms with van der Waals surface area (Å²) in [5.41, 5.74) is -0.257. The maximum Gasteiger partial charge on any atom is 0.228 e. The average molecular weight is 236 g/mol. The topological polar surface area (TPSA) is 69.8 Å². The summed E-state index contributed by atoms with van der Waals surface area (Å²) in [6, 6.07) is 0. The largest absolute Gasteiger partial charge is 0.348 e. The van der Waals surface area contributed by atoms with Crippen LogP contribution in [0, 0.1) is 11.3 Å². The highest BCUT2D eigenvalue weighted by Gasteiger charge is 2.43. The van der Waals surface area contributed by atoms with Gasteiger partial charge in [0.25, 0.3) is 0 Å². The summed E-state index contributed by atoms with van der Waals surface area (Å²) < 4.78 is 0. The van der Waals surface area contributed by atoms with Crippen molar-refractivity contribution >= 4 is 5.91 Å². The molecule has 3 N–H and O–H groups in total. The van der Waals surface area contributed by atoms with Crippen molar-refractivity contribution in [3.8, 4) is 0 Å². The fourth-order valence-electron chi connectivity index (χ4n) is 2.39. The van der Waals surface area contributed by atoms with Crippen molar-refractivity contribution in [3.05, 3.63) is 18.2 Å². The Morgan fingerprint density at radius 2 is 2.47 bits per heavy atom. The Morgan fingerprint density at radius 3 is 3.00 bits per heavy atom. The standard InChI is InChI=1S/C12H20N4O/c1-9(2)12(3-4-13-8-12)11(17)16-7-10-14-5-6-15-10/h5-6,9,13H,3-4,7-8H2,1-2H3,(H,14,15)(H,16,17). The molecule has 2 rings (SSSR count). The van der Waals surface area contributed by atoms with Gasteiger partial charge in [0, 0.05) is 18.9 Å². The molecule has 1 atom stereocenters. The number of H-pyrrole nitrogens is 1. The highest BCUT2D eigenvalue weighted by atomic mass is 16.2. The third-order valence-electron chi connectivity index (χ3n) is 3.72. The Labute approximate surface area is 101 Å². The molecular weight excluding hydrogens is 216 g/mol. The maximum absolute atomic E-state index is 12.3. The van der Waals surface area contributed by atoms with Gasteiger partial charge in [0.2, 0.25) is 5.91 Å². The van der Waals surface area contributed by atoms with Crippen LogP contribution >= 0.6 is 0 Å². The lowest BCUT2D eigenvalue weighted by molar-refractivity contribution is -0.132. The number of carbonyl (C=O) groups is 1. The minimum absolute atomic E-state index is 0.133. The van der Waals surface area contributed by atoms with E-state index in [1.165, 1.54) is 0 Å². The zero-order valence-corrected chi connectivity index (χ0v) is 10.4. The summed E-state index contributed by atoms with van der Waals surface area (Å²) >= 11 is 0. The molecule has 1 amide bonds. The van der Waals surface area contributed by atoms with Crippen LogP contribution in [0.3, 0.4) is 0 Å². The van der Waals surface area contributed by atoms with Gasteiger partial charge in [-0.2, -0.15) is 0 Å². The summed E-state index contributed by atoms with van der Waals surface area (Å²) in [6.07, 6.45) is 4.36. The van der Waals surface area contributed by atoms with Crippen molar-refractivity contribution < 1.29 is 4.79 Å². The molecule has 5 nitrogen and oxygen atoms in total. The number of amides is 1. The van der Waals surface area contributed by atoms with E-state index in [0.29, 0.717) is 12.5 Å². The number of hydrogen-bond acceptors (Lipinski definition) is 3. The fourth-order valence-corrected chi connectivity index (χ4v) is 2.39. The molecule has 94 valence electrons. The Bertz CT molecular complexity index is 366. The van der Waals surface area contributed by atoms with E-state index in [0.717, 1.165) is 25.3 Å². The number of rotatable bonds is 4. The van der Waals surface area contributed by atoms with E-state index in [1.54, 1.807) is 12.4 Å². The van der Waals surface area contributed by atoms with E-state index >= 15 is 0 Å². The van der Waals surface area contributed by atoms with Crippen LogP contribution in [0.4, 0.5) is 0 Å². The fraction of sp³-hybridized carbons (Fsp3) is 0.667. The predicted octanol–water partition coefficient (Wildman–Crippen LogP) is 0.662. The van der Waals surface area contributed by atoms with Gasteiger partial charge in [-0.15, -0.1) is 0 Å². The van der Waals surface area contributed by atoms with Crippen molar-refractivity contribution in [1.29, 1.82) is 0 Å². The molecule has 0 aliphatic carbocycles. The van der Waals surface area contributed by atoms with Crippen molar-refractivity contribution in [2.75, 3.05) is 13.1 Å². The van der Waals surface area contributed by atoms with Gasteiger partial charge in [0.15, 0.2) is 0 Å². The van der Waals surface area contributed by atoms with Gasteiger partial charge in [-0.25, -0.2) is 4.98 Å². The van der Waals surface area contributed by atoms with Crippen LogP contribution in [0.25, 0.3) is 0 Å². The average Bonchev–Trinajstić information content (AvgIpc) is 2.97. The van der Waals surface area contributed by atoms with E-state index in [9.17, 15) is 4.79 Å². The third-order valence-corrected chi connectivity index (χ3v) is 3.72. The van der Waals surface area contributed by atoms with Crippen molar-refractivity contribution in [2.45, 2.75) is 26.8 Å².